The second kappa shape index (κ2) is 8.65. The molecular formula is C21H24N4O3. The molecule has 1 aromatic carbocycles. The lowest BCUT2D eigenvalue weighted by atomic mass is 10.1. The van der Waals surface area contributed by atoms with Gasteiger partial charge in [0, 0.05) is 31.6 Å². The van der Waals surface area contributed by atoms with E-state index in [4.69, 9.17) is 4.42 Å². The Bertz CT molecular complexity index is 987. The molecule has 0 bridgehead atoms. The quantitative estimate of drug-likeness (QED) is 0.593. The van der Waals surface area contributed by atoms with Crippen molar-refractivity contribution in [2.75, 3.05) is 5.32 Å². The number of aromatic nitrogens is 3. The first-order chi connectivity index (χ1) is 13.4. The summed E-state index contributed by atoms with van der Waals surface area (Å²) in [5, 5.41) is 7.08. The van der Waals surface area contributed by atoms with Crippen LogP contribution in [-0.2, 0) is 11.3 Å². The lowest BCUT2D eigenvalue weighted by Crippen LogP contribution is -2.13. The van der Waals surface area contributed by atoms with E-state index in [0.29, 0.717) is 30.3 Å². The second-order valence-corrected chi connectivity index (χ2v) is 6.89. The zero-order valence-electron chi connectivity index (χ0n) is 16.4. The molecule has 0 aliphatic rings. The Labute approximate surface area is 163 Å². The van der Waals surface area contributed by atoms with Crippen LogP contribution in [0, 0.1) is 13.8 Å². The van der Waals surface area contributed by atoms with Crippen molar-refractivity contribution >= 4 is 17.4 Å². The maximum Gasteiger partial charge on any atom is 0.278 e. The molecule has 0 aliphatic carbocycles. The number of carbonyl (C=O) groups is 2. The number of hydrogen-bond acceptors (Lipinski definition) is 5. The fraction of sp³-hybridized carbons (Fsp3) is 0.333. The molecule has 2 aromatic heterocycles. The number of unbranched alkanes of at least 4 members (excludes halogenated alkanes) is 1. The van der Waals surface area contributed by atoms with Gasteiger partial charge >= 0.3 is 0 Å². The first-order valence-electron chi connectivity index (χ1n) is 9.30. The molecule has 0 radical (unpaired) electrons. The Balaban J connectivity index is 1.68. The molecule has 0 fully saturated rings. The van der Waals surface area contributed by atoms with Crippen molar-refractivity contribution in [2.24, 2.45) is 0 Å². The van der Waals surface area contributed by atoms with Crippen LogP contribution < -0.4 is 5.32 Å². The van der Waals surface area contributed by atoms with Crippen LogP contribution in [0.1, 0.15) is 48.1 Å². The molecule has 1 amide bonds. The Hall–Kier alpha value is -3.22. The van der Waals surface area contributed by atoms with Gasteiger partial charge in [-0.15, -0.1) is 0 Å². The lowest BCUT2D eigenvalue weighted by molar-refractivity contribution is -0.117. The van der Waals surface area contributed by atoms with Gasteiger partial charge in [-0.3, -0.25) is 9.48 Å². The summed E-state index contributed by atoms with van der Waals surface area (Å²) in [4.78, 5) is 28.0. The summed E-state index contributed by atoms with van der Waals surface area (Å²) < 4.78 is 7.44. The number of ketones is 1. The Morgan fingerprint density at radius 1 is 1.21 bits per heavy atom. The van der Waals surface area contributed by atoms with E-state index in [0.717, 1.165) is 24.0 Å². The van der Waals surface area contributed by atoms with Crippen molar-refractivity contribution in [3.05, 3.63) is 53.8 Å². The summed E-state index contributed by atoms with van der Waals surface area (Å²) in [6.07, 6.45) is 5.63. The minimum absolute atomic E-state index is 0.195. The molecule has 0 saturated heterocycles. The number of Topliss-reactive ketones (excluding diaryl/α,β-unsaturated/α-hetero) is 1. The first kappa shape index (κ1) is 19.5. The van der Waals surface area contributed by atoms with Crippen molar-refractivity contribution < 1.29 is 14.0 Å². The molecule has 0 atom stereocenters. The number of rotatable bonds is 8. The van der Waals surface area contributed by atoms with Crippen LogP contribution in [0.15, 0.2) is 41.1 Å². The summed E-state index contributed by atoms with van der Waals surface area (Å²) in [5.74, 6) is 0.739. The largest absolute Gasteiger partial charge is 0.440 e. The standard InChI is InChI=1S/C21H24N4O3/c1-14-7-6-9-17(11-14)20-19(23-16(3)28-20)21(27)24-18-12-22-25(13-18)10-5-4-8-15(2)26/h6-7,9,11-13H,4-5,8,10H2,1-3H3,(H,24,27). The van der Waals surface area contributed by atoms with E-state index in [1.165, 1.54) is 0 Å². The zero-order valence-corrected chi connectivity index (χ0v) is 16.4. The molecule has 7 heteroatoms. The zero-order chi connectivity index (χ0) is 20.1. The Morgan fingerprint density at radius 3 is 2.79 bits per heavy atom. The monoisotopic (exact) mass is 380 g/mol. The van der Waals surface area contributed by atoms with E-state index in [2.05, 4.69) is 15.4 Å². The lowest BCUT2D eigenvalue weighted by Gasteiger charge is -2.03. The topological polar surface area (TPSA) is 90.0 Å². The van der Waals surface area contributed by atoms with Crippen LogP contribution in [0.25, 0.3) is 11.3 Å². The summed E-state index contributed by atoms with van der Waals surface area (Å²) in [5.41, 5.74) is 2.72. The smallest absolute Gasteiger partial charge is 0.278 e. The van der Waals surface area contributed by atoms with Gasteiger partial charge in [0.25, 0.3) is 5.91 Å². The van der Waals surface area contributed by atoms with Gasteiger partial charge in [0.05, 0.1) is 11.9 Å². The molecule has 0 spiro atoms. The Kier molecular flexibility index (Phi) is 6.03. The first-order valence-corrected chi connectivity index (χ1v) is 9.30. The van der Waals surface area contributed by atoms with Crippen molar-refractivity contribution in [3.63, 3.8) is 0 Å². The maximum atomic E-state index is 12.7. The molecule has 0 saturated carbocycles. The third-order valence-corrected chi connectivity index (χ3v) is 4.29. The predicted molar refractivity (Wildman–Crippen MR) is 106 cm³/mol. The summed E-state index contributed by atoms with van der Waals surface area (Å²) in [7, 11) is 0. The van der Waals surface area contributed by atoms with Gasteiger partial charge in [-0.05, 0) is 32.8 Å². The fourth-order valence-corrected chi connectivity index (χ4v) is 2.95. The highest BCUT2D eigenvalue weighted by Crippen LogP contribution is 2.26. The van der Waals surface area contributed by atoms with Gasteiger partial charge in [0.1, 0.15) is 5.78 Å². The van der Waals surface area contributed by atoms with Gasteiger partial charge < -0.3 is 14.5 Å². The second-order valence-electron chi connectivity index (χ2n) is 6.89. The van der Waals surface area contributed by atoms with E-state index in [1.807, 2.05) is 31.2 Å². The molecular weight excluding hydrogens is 356 g/mol. The number of oxazole rings is 1. The van der Waals surface area contributed by atoms with Crippen LogP contribution in [0.4, 0.5) is 5.69 Å². The van der Waals surface area contributed by atoms with Gasteiger partial charge in [0.15, 0.2) is 17.3 Å². The molecule has 0 aliphatic heterocycles. The maximum absolute atomic E-state index is 12.7. The van der Waals surface area contributed by atoms with Gasteiger partial charge in [-0.1, -0.05) is 23.8 Å². The van der Waals surface area contributed by atoms with E-state index in [-0.39, 0.29) is 17.4 Å². The molecule has 0 unspecified atom stereocenters. The van der Waals surface area contributed by atoms with Crippen LogP contribution in [-0.4, -0.2) is 26.5 Å². The molecule has 146 valence electrons. The molecule has 3 rings (SSSR count). The molecule has 2 heterocycles. The number of aryl methyl sites for hydroxylation is 3. The number of nitrogens with zero attached hydrogens (tertiary/aromatic N) is 3. The number of amides is 1. The van der Waals surface area contributed by atoms with Crippen LogP contribution >= 0.6 is 0 Å². The molecule has 3 aromatic rings. The molecule has 28 heavy (non-hydrogen) atoms. The van der Waals surface area contributed by atoms with E-state index < -0.39 is 0 Å². The summed E-state index contributed by atoms with van der Waals surface area (Å²) in [6.45, 7) is 5.99. The number of carbonyl (C=O) groups excluding carboxylic acids is 2. The minimum atomic E-state index is -0.343. The van der Waals surface area contributed by atoms with Gasteiger partial charge in [-0.2, -0.15) is 5.10 Å². The average Bonchev–Trinajstić information content (AvgIpc) is 3.25. The highest BCUT2D eigenvalue weighted by Gasteiger charge is 2.21. The number of benzene rings is 1. The van der Waals surface area contributed by atoms with E-state index in [9.17, 15) is 9.59 Å². The minimum Gasteiger partial charge on any atom is -0.440 e. The number of anilines is 1. The van der Waals surface area contributed by atoms with Crippen molar-refractivity contribution in [1.29, 1.82) is 0 Å². The molecule has 1 N–H and O–H groups in total. The summed E-state index contributed by atoms with van der Waals surface area (Å²) >= 11 is 0. The third-order valence-electron chi connectivity index (χ3n) is 4.29. The van der Waals surface area contributed by atoms with Crippen LogP contribution in [0.2, 0.25) is 0 Å². The van der Waals surface area contributed by atoms with Crippen LogP contribution in [0.3, 0.4) is 0 Å². The fourth-order valence-electron chi connectivity index (χ4n) is 2.95. The van der Waals surface area contributed by atoms with Crippen molar-refractivity contribution in [2.45, 2.75) is 46.6 Å². The number of nitrogens with one attached hydrogen (secondary N) is 1. The van der Waals surface area contributed by atoms with E-state index in [1.54, 1.807) is 30.9 Å². The Morgan fingerprint density at radius 2 is 2.04 bits per heavy atom. The molecule has 7 nitrogen and oxygen atoms in total. The highest BCUT2D eigenvalue weighted by molar-refractivity contribution is 6.06. The average molecular weight is 380 g/mol. The highest BCUT2D eigenvalue weighted by atomic mass is 16.4. The third kappa shape index (κ3) is 4.94. The number of hydrogen-bond donors (Lipinski definition) is 1. The predicted octanol–water partition coefficient (Wildman–Crippen LogP) is 4.17. The SMILES string of the molecule is CC(=O)CCCCn1cc(NC(=O)c2nc(C)oc2-c2cccc(C)c2)cn1. The summed E-state index contributed by atoms with van der Waals surface area (Å²) in [6, 6.07) is 7.75. The van der Waals surface area contributed by atoms with E-state index >= 15 is 0 Å². The van der Waals surface area contributed by atoms with Crippen molar-refractivity contribution in [1.82, 2.24) is 14.8 Å². The van der Waals surface area contributed by atoms with Crippen molar-refractivity contribution in [3.8, 4) is 11.3 Å². The van der Waals surface area contributed by atoms with Crippen LogP contribution in [0.5, 0.6) is 0 Å². The van der Waals surface area contributed by atoms with Gasteiger partial charge in [0.2, 0.25) is 0 Å². The normalized spacial score (nSPS) is 10.8. The van der Waals surface area contributed by atoms with Gasteiger partial charge in [-0.25, -0.2) is 4.98 Å².